The Morgan fingerprint density at radius 3 is 2.11 bits per heavy atom. The first-order valence-corrected chi connectivity index (χ1v) is 7.93. The lowest BCUT2D eigenvalue weighted by Gasteiger charge is -2.20. The molecule has 0 aromatic carbocycles. The van der Waals surface area contributed by atoms with Crippen LogP contribution in [-0.2, 0) is 4.74 Å². The van der Waals surface area contributed by atoms with Crippen LogP contribution in [0, 0.1) is 11.3 Å². The summed E-state index contributed by atoms with van der Waals surface area (Å²) in [6, 6.07) is 2.22. The smallest absolute Gasteiger partial charge is 0.0635 e. The first-order valence-electron chi connectivity index (χ1n) is 7.93. The highest BCUT2D eigenvalue weighted by atomic mass is 16.5. The highest BCUT2D eigenvalue weighted by Gasteiger charge is 2.03. The Labute approximate surface area is 119 Å². The van der Waals surface area contributed by atoms with Crippen molar-refractivity contribution >= 4 is 0 Å². The lowest BCUT2D eigenvalue weighted by molar-refractivity contribution is 0.147. The van der Waals surface area contributed by atoms with Crippen LogP contribution < -0.4 is 0 Å². The topological polar surface area (TPSA) is 36.3 Å². The molecule has 0 unspecified atom stereocenters. The standard InChI is InChI=1S/C16H32N2O/c1-3-4-5-6-7-8-9-10-13-18(14-11-12-17)15-16-19-2/h3-11,13-16H2,1-2H3. The third-order valence-corrected chi connectivity index (χ3v) is 3.48. The molecule has 0 N–H and O–H groups in total. The third kappa shape index (κ3) is 13.6. The molecule has 0 saturated heterocycles. The molecule has 0 aromatic rings. The molecule has 0 heterocycles. The summed E-state index contributed by atoms with van der Waals surface area (Å²) in [7, 11) is 1.73. The molecule has 0 aliphatic carbocycles. The lowest BCUT2D eigenvalue weighted by Crippen LogP contribution is -2.29. The molecular weight excluding hydrogens is 236 g/mol. The number of hydrogen-bond donors (Lipinski definition) is 0. The average molecular weight is 268 g/mol. The molecule has 0 amide bonds. The van der Waals surface area contributed by atoms with E-state index in [-0.39, 0.29) is 0 Å². The number of rotatable bonds is 14. The van der Waals surface area contributed by atoms with Gasteiger partial charge in [0.2, 0.25) is 0 Å². The lowest BCUT2D eigenvalue weighted by atomic mass is 10.1. The van der Waals surface area contributed by atoms with E-state index >= 15 is 0 Å². The van der Waals surface area contributed by atoms with Gasteiger partial charge in [-0.1, -0.05) is 51.9 Å². The van der Waals surface area contributed by atoms with Crippen LogP contribution >= 0.6 is 0 Å². The molecule has 19 heavy (non-hydrogen) atoms. The van der Waals surface area contributed by atoms with Crippen molar-refractivity contribution in [3.8, 4) is 6.07 Å². The Kier molecular flexibility index (Phi) is 15.0. The maximum absolute atomic E-state index is 8.65. The predicted octanol–water partition coefficient (Wildman–Crippen LogP) is 3.99. The van der Waals surface area contributed by atoms with Crippen molar-refractivity contribution < 1.29 is 4.74 Å². The summed E-state index contributed by atoms with van der Waals surface area (Å²) in [5.74, 6) is 0. The Hall–Kier alpha value is -0.590. The van der Waals surface area contributed by atoms with E-state index in [4.69, 9.17) is 10.00 Å². The second-order valence-electron chi connectivity index (χ2n) is 5.22. The number of unbranched alkanes of at least 4 members (excludes halogenated alkanes) is 7. The molecular formula is C16H32N2O. The van der Waals surface area contributed by atoms with E-state index in [0.717, 1.165) is 26.2 Å². The molecule has 0 atom stereocenters. The van der Waals surface area contributed by atoms with Gasteiger partial charge >= 0.3 is 0 Å². The van der Waals surface area contributed by atoms with Gasteiger partial charge in [-0.25, -0.2) is 0 Å². The van der Waals surface area contributed by atoms with Gasteiger partial charge in [0.15, 0.2) is 0 Å². The van der Waals surface area contributed by atoms with E-state index in [2.05, 4.69) is 17.9 Å². The summed E-state index contributed by atoms with van der Waals surface area (Å²) in [6.07, 6.45) is 11.5. The van der Waals surface area contributed by atoms with Crippen molar-refractivity contribution in [3.05, 3.63) is 0 Å². The number of nitrogens with zero attached hydrogens (tertiary/aromatic N) is 2. The summed E-state index contributed by atoms with van der Waals surface area (Å²) in [5, 5.41) is 8.65. The van der Waals surface area contributed by atoms with Gasteiger partial charge < -0.3 is 9.64 Å². The summed E-state index contributed by atoms with van der Waals surface area (Å²) in [6.45, 7) is 5.98. The second-order valence-corrected chi connectivity index (χ2v) is 5.22. The number of ether oxygens (including phenoxy) is 1. The quantitative estimate of drug-likeness (QED) is 0.447. The molecule has 0 saturated carbocycles. The highest BCUT2D eigenvalue weighted by Crippen LogP contribution is 2.09. The Balaban J connectivity index is 3.43. The van der Waals surface area contributed by atoms with Crippen LogP contribution in [0.5, 0.6) is 0 Å². The third-order valence-electron chi connectivity index (χ3n) is 3.48. The molecule has 0 spiro atoms. The summed E-state index contributed by atoms with van der Waals surface area (Å²) in [5.41, 5.74) is 0. The minimum absolute atomic E-state index is 0.626. The fraction of sp³-hybridized carbons (Fsp3) is 0.938. The molecule has 0 rings (SSSR count). The molecule has 0 aromatic heterocycles. The van der Waals surface area contributed by atoms with Crippen LogP contribution in [0.25, 0.3) is 0 Å². The number of hydrogen-bond acceptors (Lipinski definition) is 3. The molecule has 0 bridgehead atoms. The van der Waals surface area contributed by atoms with Crippen molar-refractivity contribution in [2.75, 3.05) is 33.4 Å². The number of nitriles is 1. The zero-order valence-corrected chi connectivity index (χ0v) is 13.0. The number of methoxy groups -OCH3 is 1. The van der Waals surface area contributed by atoms with Crippen LogP contribution in [0.1, 0.15) is 64.7 Å². The molecule has 0 radical (unpaired) electrons. The molecule has 0 aliphatic heterocycles. The van der Waals surface area contributed by atoms with Crippen LogP contribution in [0.15, 0.2) is 0 Å². The van der Waals surface area contributed by atoms with Crippen molar-refractivity contribution in [2.45, 2.75) is 64.7 Å². The molecule has 0 aliphatic rings. The molecule has 3 heteroatoms. The molecule has 3 nitrogen and oxygen atoms in total. The zero-order valence-electron chi connectivity index (χ0n) is 13.0. The van der Waals surface area contributed by atoms with E-state index < -0.39 is 0 Å². The Morgan fingerprint density at radius 1 is 0.895 bits per heavy atom. The maximum Gasteiger partial charge on any atom is 0.0635 e. The van der Waals surface area contributed by atoms with Crippen molar-refractivity contribution in [2.24, 2.45) is 0 Å². The summed E-state index contributed by atoms with van der Waals surface area (Å²) < 4.78 is 5.11. The highest BCUT2D eigenvalue weighted by molar-refractivity contribution is 4.72. The Morgan fingerprint density at radius 2 is 1.53 bits per heavy atom. The van der Waals surface area contributed by atoms with Crippen LogP contribution in [0.4, 0.5) is 0 Å². The molecule has 0 fully saturated rings. The van der Waals surface area contributed by atoms with Gasteiger partial charge in [-0.2, -0.15) is 5.26 Å². The van der Waals surface area contributed by atoms with E-state index in [9.17, 15) is 0 Å². The van der Waals surface area contributed by atoms with Gasteiger partial charge in [0.05, 0.1) is 12.7 Å². The van der Waals surface area contributed by atoms with Crippen LogP contribution in [0.2, 0.25) is 0 Å². The average Bonchev–Trinajstić information content (AvgIpc) is 2.43. The van der Waals surface area contributed by atoms with Gasteiger partial charge in [-0.05, 0) is 13.0 Å². The Bertz CT molecular complexity index is 213. The minimum atomic E-state index is 0.626. The van der Waals surface area contributed by atoms with Crippen molar-refractivity contribution in [1.29, 1.82) is 5.26 Å². The fourth-order valence-electron chi connectivity index (χ4n) is 2.23. The maximum atomic E-state index is 8.65. The largest absolute Gasteiger partial charge is 0.383 e. The van der Waals surface area contributed by atoms with Gasteiger partial charge in [0.25, 0.3) is 0 Å². The predicted molar refractivity (Wildman–Crippen MR) is 81.2 cm³/mol. The van der Waals surface area contributed by atoms with E-state index in [1.165, 1.54) is 51.4 Å². The summed E-state index contributed by atoms with van der Waals surface area (Å²) >= 11 is 0. The monoisotopic (exact) mass is 268 g/mol. The van der Waals surface area contributed by atoms with Crippen molar-refractivity contribution in [1.82, 2.24) is 4.90 Å². The summed E-state index contributed by atoms with van der Waals surface area (Å²) in [4.78, 5) is 2.35. The van der Waals surface area contributed by atoms with Crippen LogP contribution in [0.3, 0.4) is 0 Å². The van der Waals surface area contributed by atoms with E-state index in [1.807, 2.05) is 0 Å². The van der Waals surface area contributed by atoms with E-state index in [0.29, 0.717) is 6.42 Å². The van der Waals surface area contributed by atoms with E-state index in [1.54, 1.807) is 7.11 Å². The van der Waals surface area contributed by atoms with Gasteiger partial charge in [0, 0.05) is 26.6 Å². The SMILES string of the molecule is CCCCCCCCCCN(CCC#N)CCOC. The van der Waals surface area contributed by atoms with Gasteiger partial charge in [0.1, 0.15) is 0 Å². The van der Waals surface area contributed by atoms with Gasteiger partial charge in [-0.3, -0.25) is 0 Å². The fourth-order valence-corrected chi connectivity index (χ4v) is 2.23. The molecule has 112 valence electrons. The van der Waals surface area contributed by atoms with Crippen LogP contribution in [-0.4, -0.2) is 38.3 Å². The first-order chi connectivity index (χ1) is 9.35. The minimum Gasteiger partial charge on any atom is -0.383 e. The first kappa shape index (κ1) is 18.4. The van der Waals surface area contributed by atoms with Crippen molar-refractivity contribution in [3.63, 3.8) is 0 Å². The zero-order chi connectivity index (χ0) is 14.2. The van der Waals surface area contributed by atoms with Gasteiger partial charge in [-0.15, -0.1) is 0 Å². The second kappa shape index (κ2) is 15.5. The normalized spacial score (nSPS) is 10.8.